The lowest BCUT2D eigenvalue weighted by atomic mass is 9.67. The minimum atomic E-state index is 0.154. The molecule has 3 heteroatoms. The van der Waals surface area contributed by atoms with Crippen molar-refractivity contribution in [1.82, 2.24) is 9.88 Å². The smallest absolute Gasteiger partial charge is 0.0360 e. The van der Waals surface area contributed by atoms with Crippen molar-refractivity contribution in [3.63, 3.8) is 0 Å². The van der Waals surface area contributed by atoms with Gasteiger partial charge in [0.15, 0.2) is 0 Å². The Labute approximate surface area is 117 Å². The van der Waals surface area contributed by atoms with Gasteiger partial charge in [-0.05, 0) is 43.0 Å². The Kier molecular flexibility index (Phi) is 4.58. The Morgan fingerprint density at radius 3 is 2.68 bits per heavy atom. The van der Waals surface area contributed by atoms with Crippen LogP contribution < -0.4 is 5.73 Å². The lowest BCUT2D eigenvalue weighted by Gasteiger charge is -2.51. The topological polar surface area (TPSA) is 42.1 Å². The van der Waals surface area contributed by atoms with Crippen molar-refractivity contribution < 1.29 is 0 Å². The molecule has 0 saturated heterocycles. The third-order valence-electron chi connectivity index (χ3n) is 5.25. The average molecular weight is 261 g/mol. The first kappa shape index (κ1) is 14.5. The van der Waals surface area contributed by atoms with Gasteiger partial charge in [0, 0.05) is 31.0 Å². The van der Waals surface area contributed by atoms with Gasteiger partial charge in [-0.2, -0.15) is 0 Å². The van der Waals surface area contributed by atoms with E-state index in [2.05, 4.69) is 42.9 Å². The molecule has 0 aromatic carbocycles. The molecule has 0 radical (unpaired) electrons. The average Bonchev–Trinajstić information content (AvgIpc) is 2.43. The number of rotatable bonds is 4. The van der Waals surface area contributed by atoms with Crippen molar-refractivity contribution in [3.8, 4) is 0 Å². The number of nitrogens with zero attached hydrogens (tertiary/aromatic N) is 2. The third kappa shape index (κ3) is 2.82. The largest absolute Gasteiger partial charge is 0.329 e. The molecule has 3 nitrogen and oxygen atoms in total. The minimum Gasteiger partial charge on any atom is -0.329 e. The molecule has 3 unspecified atom stereocenters. The molecule has 0 aliphatic heterocycles. The van der Waals surface area contributed by atoms with Crippen LogP contribution in [0.15, 0.2) is 24.5 Å². The summed E-state index contributed by atoms with van der Waals surface area (Å²) < 4.78 is 0. The van der Waals surface area contributed by atoms with E-state index >= 15 is 0 Å². The fraction of sp³-hybridized carbons (Fsp3) is 0.688. The zero-order valence-corrected chi connectivity index (χ0v) is 12.5. The molecule has 0 bridgehead atoms. The zero-order valence-electron chi connectivity index (χ0n) is 12.5. The molecule has 1 fully saturated rings. The van der Waals surface area contributed by atoms with Gasteiger partial charge >= 0.3 is 0 Å². The first-order valence-electron chi connectivity index (χ1n) is 7.40. The van der Waals surface area contributed by atoms with Gasteiger partial charge in [0.1, 0.15) is 0 Å². The molecule has 1 heterocycles. The highest BCUT2D eigenvalue weighted by molar-refractivity contribution is 5.11. The van der Waals surface area contributed by atoms with Crippen LogP contribution in [0, 0.1) is 11.8 Å². The summed E-state index contributed by atoms with van der Waals surface area (Å²) in [4.78, 5) is 6.56. The fourth-order valence-corrected chi connectivity index (χ4v) is 3.64. The standard InChI is InChI=1S/C16H27N3/c1-13-5-4-8-16(12-17,14(13)2)19(3)11-15-6-9-18-10-7-15/h6-7,9-10,13-14H,4-5,8,11-12,17H2,1-3H3. The van der Waals surface area contributed by atoms with Gasteiger partial charge in [-0.3, -0.25) is 9.88 Å². The van der Waals surface area contributed by atoms with Crippen molar-refractivity contribution in [2.24, 2.45) is 17.6 Å². The quantitative estimate of drug-likeness (QED) is 0.906. The Hall–Kier alpha value is -0.930. The number of aromatic nitrogens is 1. The second-order valence-corrected chi connectivity index (χ2v) is 6.18. The molecule has 2 rings (SSSR count). The van der Waals surface area contributed by atoms with Gasteiger partial charge in [-0.25, -0.2) is 0 Å². The van der Waals surface area contributed by atoms with E-state index in [0.29, 0.717) is 5.92 Å². The maximum Gasteiger partial charge on any atom is 0.0360 e. The highest BCUT2D eigenvalue weighted by Crippen LogP contribution is 2.41. The SMILES string of the molecule is CC1CCCC(CN)(N(C)Cc2ccncc2)C1C. The van der Waals surface area contributed by atoms with Crippen LogP contribution in [0.1, 0.15) is 38.7 Å². The molecule has 1 aromatic heterocycles. The maximum atomic E-state index is 6.19. The lowest BCUT2D eigenvalue weighted by molar-refractivity contribution is 0.00136. The van der Waals surface area contributed by atoms with E-state index in [9.17, 15) is 0 Å². The van der Waals surface area contributed by atoms with Crippen molar-refractivity contribution in [3.05, 3.63) is 30.1 Å². The summed E-state index contributed by atoms with van der Waals surface area (Å²) in [5.74, 6) is 1.41. The summed E-state index contributed by atoms with van der Waals surface area (Å²) in [5.41, 5.74) is 7.66. The van der Waals surface area contributed by atoms with Crippen LogP contribution in [0.4, 0.5) is 0 Å². The van der Waals surface area contributed by atoms with Crippen LogP contribution in [0.3, 0.4) is 0 Å². The van der Waals surface area contributed by atoms with Gasteiger partial charge in [-0.15, -0.1) is 0 Å². The molecule has 106 valence electrons. The Morgan fingerprint density at radius 2 is 2.05 bits per heavy atom. The molecule has 1 saturated carbocycles. The van der Waals surface area contributed by atoms with Crippen molar-refractivity contribution in [2.45, 2.75) is 45.2 Å². The van der Waals surface area contributed by atoms with E-state index in [4.69, 9.17) is 5.73 Å². The molecular formula is C16H27N3. The van der Waals surface area contributed by atoms with Gasteiger partial charge < -0.3 is 5.73 Å². The van der Waals surface area contributed by atoms with Crippen LogP contribution in [0.5, 0.6) is 0 Å². The summed E-state index contributed by atoms with van der Waals surface area (Å²) in [6.45, 7) is 6.45. The van der Waals surface area contributed by atoms with E-state index in [0.717, 1.165) is 19.0 Å². The van der Waals surface area contributed by atoms with Crippen molar-refractivity contribution in [1.29, 1.82) is 0 Å². The zero-order chi connectivity index (χ0) is 13.9. The van der Waals surface area contributed by atoms with Crippen LogP contribution in [-0.2, 0) is 6.54 Å². The van der Waals surface area contributed by atoms with Crippen LogP contribution in [0.2, 0.25) is 0 Å². The van der Waals surface area contributed by atoms with E-state index < -0.39 is 0 Å². The second kappa shape index (κ2) is 6.02. The summed E-state index contributed by atoms with van der Waals surface area (Å²) in [7, 11) is 2.22. The van der Waals surface area contributed by atoms with Gasteiger partial charge in [0.25, 0.3) is 0 Å². The number of pyridine rings is 1. The Bertz CT molecular complexity index is 392. The maximum absolute atomic E-state index is 6.19. The first-order valence-corrected chi connectivity index (χ1v) is 7.40. The minimum absolute atomic E-state index is 0.154. The van der Waals surface area contributed by atoms with Crippen LogP contribution in [-0.4, -0.2) is 29.0 Å². The summed E-state index contributed by atoms with van der Waals surface area (Å²) >= 11 is 0. The normalized spacial score (nSPS) is 31.6. The predicted molar refractivity (Wildman–Crippen MR) is 79.7 cm³/mol. The molecule has 1 aliphatic carbocycles. The van der Waals surface area contributed by atoms with Crippen LogP contribution in [0.25, 0.3) is 0 Å². The molecule has 0 amide bonds. The summed E-state index contributed by atoms with van der Waals surface area (Å²) in [6, 6.07) is 4.19. The van der Waals surface area contributed by atoms with E-state index in [-0.39, 0.29) is 5.54 Å². The molecule has 3 atom stereocenters. The van der Waals surface area contributed by atoms with E-state index in [1.54, 1.807) is 0 Å². The van der Waals surface area contributed by atoms with E-state index in [1.165, 1.54) is 24.8 Å². The number of hydrogen-bond acceptors (Lipinski definition) is 3. The predicted octanol–water partition coefficient (Wildman–Crippen LogP) is 2.67. The third-order valence-corrected chi connectivity index (χ3v) is 5.25. The van der Waals surface area contributed by atoms with Gasteiger partial charge in [-0.1, -0.05) is 26.7 Å². The molecule has 1 aromatic rings. The van der Waals surface area contributed by atoms with Gasteiger partial charge in [0.05, 0.1) is 0 Å². The molecule has 19 heavy (non-hydrogen) atoms. The van der Waals surface area contributed by atoms with E-state index in [1.807, 2.05) is 12.4 Å². The Morgan fingerprint density at radius 1 is 1.37 bits per heavy atom. The van der Waals surface area contributed by atoms with Crippen molar-refractivity contribution >= 4 is 0 Å². The molecule has 2 N–H and O–H groups in total. The van der Waals surface area contributed by atoms with Crippen LogP contribution >= 0.6 is 0 Å². The fourth-order valence-electron chi connectivity index (χ4n) is 3.64. The van der Waals surface area contributed by atoms with Gasteiger partial charge in [0.2, 0.25) is 0 Å². The summed E-state index contributed by atoms with van der Waals surface area (Å²) in [5, 5.41) is 0. The molecular weight excluding hydrogens is 234 g/mol. The monoisotopic (exact) mass is 261 g/mol. The highest BCUT2D eigenvalue weighted by atomic mass is 15.2. The highest BCUT2D eigenvalue weighted by Gasteiger charge is 2.43. The number of hydrogen-bond donors (Lipinski definition) is 1. The Balaban J connectivity index is 2.16. The molecule has 1 aliphatic rings. The number of nitrogens with two attached hydrogens (primary N) is 1. The lowest BCUT2D eigenvalue weighted by Crippen LogP contribution is -2.59. The summed E-state index contributed by atoms with van der Waals surface area (Å²) in [6.07, 6.45) is 7.59. The second-order valence-electron chi connectivity index (χ2n) is 6.18. The first-order chi connectivity index (χ1) is 9.10. The number of likely N-dealkylation sites (N-methyl/N-ethyl adjacent to an activating group) is 1. The molecule has 0 spiro atoms. The van der Waals surface area contributed by atoms with Crippen molar-refractivity contribution in [2.75, 3.05) is 13.6 Å².